The summed E-state index contributed by atoms with van der Waals surface area (Å²) in [5.41, 5.74) is 2.00. The average molecular weight is 324 g/mol. The molecule has 0 saturated carbocycles. The number of pyridine rings is 1. The van der Waals surface area contributed by atoms with Crippen LogP contribution in [-0.4, -0.2) is 19.9 Å². The predicted octanol–water partition coefficient (Wildman–Crippen LogP) is 3.12. The van der Waals surface area contributed by atoms with E-state index in [0.29, 0.717) is 6.42 Å². The molecule has 0 aromatic carbocycles. The minimum Gasteiger partial charge on any atom is -0.387 e. The Hall–Kier alpha value is -1.20. The number of halogens is 1. The van der Waals surface area contributed by atoms with E-state index >= 15 is 0 Å². The first-order valence-electron chi connectivity index (χ1n) is 6.50. The molecule has 102 valence electrons. The summed E-state index contributed by atoms with van der Waals surface area (Å²) in [4.78, 5) is 4.08. The van der Waals surface area contributed by atoms with Crippen LogP contribution < -0.4 is 0 Å². The zero-order valence-electron chi connectivity index (χ0n) is 11.0. The lowest BCUT2D eigenvalue weighted by Gasteiger charge is -2.13. The summed E-state index contributed by atoms with van der Waals surface area (Å²) in [7, 11) is 0. The van der Waals surface area contributed by atoms with Gasteiger partial charge in [-0.25, -0.2) is 0 Å². The van der Waals surface area contributed by atoms with Crippen LogP contribution >= 0.6 is 15.9 Å². The quantitative estimate of drug-likeness (QED) is 0.888. The van der Waals surface area contributed by atoms with Gasteiger partial charge in [-0.1, -0.05) is 13.0 Å². The van der Waals surface area contributed by atoms with E-state index in [-0.39, 0.29) is 0 Å². The van der Waals surface area contributed by atoms with Gasteiger partial charge in [-0.3, -0.25) is 9.67 Å². The fourth-order valence-electron chi connectivity index (χ4n) is 2.08. The molecule has 2 heterocycles. The zero-order chi connectivity index (χ0) is 13.7. The van der Waals surface area contributed by atoms with Gasteiger partial charge in [-0.2, -0.15) is 5.10 Å². The highest BCUT2D eigenvalue weighted by Gasteiger charge is 2.17. The van der Waals surface area contributed by atoms with Gasteiger partial charge in [0.05, 0.1) is 22.5 Å². The first kappa shape index (κ1) is 14.2. The summed E-state index contributed by atoms with van der Waals surface area (Å²) in [6, 6.07) is 3.94. The number of hydrogen-bond acceptors (Lipinski definition) is 3. The minimum absolute atomic E-state index is 0.511. The summed E-state index contributed by atoms with van der Waals surface area (Å²) >= 11 is 3.46. The molecule has 2 aromatic heterocycles. The molecule has 19 heavy (non-hydrogen) atoms. The summed E-state index contributed by atoms with van der Waals surface area (Å²) in [6.07, 6.45) is 7.30. The molecule has 1 N–H and O–H groups in total. The average Bonchev–Trinajstić information content (AvgIpc) is 2.79. The third-order valence-electron chi connectivity index (χ3n) is 3.01. The van der Waals surface area contributed by atoms with Crippen molar-refractivity contribution in [2.45, 2.75) is 38.8 Å². The first-order valence-corrected chi connectivity index (χ1v) is 7.29. The van der Waals surface area contributed by atoms with Crippen molar-refractivity contribution < 1.29 is 5.11 Å². The second-order valence-corrected chi connectivity index (χ2v) is 5.37. The molecule has 0 bridgehead atoms. The van der Waals surface area contributed by atoms with Gasteiger partial charge in [-0.15, -0.1) is 0 Å². The van der Waals surface area contributed by atoms with Gasteiger partial charge in [0, 0.05) is 18.9 Å². The van der Waals surface area contributed by atoms with Crippen LogP contribution in [-0.2, 0) is 13.0 Å². The van der Waals surface area contributed by atoms with Crippen LogP contribution in [0.15, 0.2) is 35.2 Å². The SMILES string of the molecule is CCCn1ncc(Br)c1C(O)CCc1cccnc1. The van der Waals surface area contributed by atoms with Crippen LogP contribution in [0.4, 0.5) is 0 Å². The van der Waals surface area contributed by atoms with E-state index in [1.54, 1.807) is 12.4 Å². The molecule has 1 unspecified atom stereocenters. The van der Waals surface area contributed by atoms with Crippen LogP contribution in [0.5, 0.6) is 0 Å². The maximum Gasteiger partial charge on any atom is 0.0971 e. The fraction of sp³-hybridized carbons (Fsp3) is 0.429. The molecule has 0 aliphatic rings. The summed E-state index contributed by atoms with van der Waals surface area (Å²) in [6.45, 7) is 2.92. The summed E-state index contributed by atoms with van der Waals surface area (Å²) in [5, 5.41) is 14.6. The Balaban J connectivity index is 2.03. The molecule has 5 heteroatoms. The van der Waals surface area contributed by atoms with Crippen LogP contribution in [0.1, 0.15) is 37.1 Å². The summed E-state index contributed by atoms with van der Waals surface area (Å²) in [5.74, 6) is 0. The number of nitrogens with zero attached hydrogens (tertiary/aromatic N) is 3. The monoisotopic (exact) mass is 323 g/mol. The van der Waals surface area contributed by atoms with Crippen LogP contribution in [0.25, 0.3) is 0 Å². The zero-order valence-corrected chi connectivity index (χ0v) is 12.5. The highest BCUT2D eigenvalue weighted by atomic mass is 79.9. The number of aliphatic hydroxyl groups excluding tert-OH is 1. The molecule has 0 amide bonds. The third kappa shape index (κ3) is 3.64. The molecule has 2 rings (SSSR count). The molecule has 0 aliphatic heterocycles. The smallest absolute Gasteiger partial charge is 0.0971 e. The molecular formula is C14H18BrN3O. The molecular weight excluding hydrogens is 306 g/mol. The van der Waals surface area contributed by atoms with Gasteiger partial charge in [0.15, 0.2) is 0 Å². The summed E-state index contributed by atoms with van der Waals surface area (Å²) < 4.78 is 2.75. The largest absolute Gasteiger partial charge is 0.387 e. The van der Waals surface area contributed by atoms with Crippen LogP contribution in [0, 0.1) is 0 Å². The molecule has 1 atom stereocenters. The number of hydrogen-bond donors (Lipinski definition) is 1. The topological polar surface area (TPSA) is 50.9 Å². The number of aromatic nitrogens is 3. The highest BCUT2D eigenvalue weighted by Crippen LogP contribution is 2.26. The van der Waals surface area contributed by atoms with Gasteiger partial charge in [-0.05, 0) is 46.8 Å². The minimum atomic E-state index is -0.511. The van der Waals surface area contributed by atoms with E-state index in [0.717, 1.165) is 35.1 Å². The molecule has 0 aliphatic carbocycles. The van der Waals surface area contributed by atoms with Gasteiger partial charge in [0.1, 0.15) is 0 Å². The van der Waals surface area contributed by atoms with Crippen molar-refractivity contribution in [3.8, 4) is 0 Å². The van der Waals surface area contributed by atoms with Crippen LogP contribution in [0.2, 0.25) is 0 Å². The van der Waals surface area contributed by atoms with Crippen LogP contribution in [0.3, 0.4) is 0 Å². The number of aryl methyl sites for hydroxylation is 2. The van der Waals surface area contributed by atoms with Gasteiger partial charge in [0.2, 0.25) is 0 Å². The molecule has 2 aromatic rings. The van der Waals surface area contributed by atoms with E-state index in [4.69, 9.17) is 0 Å². The first-order chi connectivity index (χ1) is 9.22. The van der Waals surface area contributed by atoms with Crippen molar-refractivity contribution in [3.05, 3.63) is 46.5 Å². The lowest BCUT2D eigenvalue weighted by atomic mass is 10.1. The van der Waals surface area contributed by atoms with Crippen molar-refractivity contribution >= 4 is 15.9 Å². The van der Waals surface area contributed by atoms with E-state index in [2.05, 4.69) is 32.9 Å². The number of aliphatic hydroxyl groups is 1. The second-order valence-electron chi connectivity index (χ2n) is 4.52. The van der Waals surface area contributed by atoms with E-state index < -0.39 is 6.10 Å². The molecule has 0 saturated heterocycles. The lowest BCUT2D eigenvalue weighted by molar-refractivity contribution is 0.155. The van der Waals surface area contributed by atoms with Crippen molar-refractivity contribution in [2.75, 3.05) is 0 Å². The maximum atomic E-state index is 10.3. The van der Waals surface area contributed by atoms with E-state index in [9.17, 15) is 5.11 Å². The molecule has 0 spiro atoms. The van der Waals surface area contributed by atoms with Gasteiger partial charge < -0.3 is 5.11 Å². The van der Waals surface area contributed by atoms with E-state index in [1.807, 2.05) is 23.0 Å². The fourth-order valence-corrected chi connectivity index (χ4v) is 2.64. The second kappa shape index (κ2) is 6.82. The third-order valence-corrected chi connectivity index (χ3v) is 3.62. The Bertz CT molecular complexity index is 513. The van der Waals surface area contributed by atoms with Crippen molar-refractivity contribution in [3.63, 3.8) is 0 Å². The van der Waals surface area contributed by atoms with E-state index in [1.165, 1.54) is 0 Å². The lowest BCUT2D eigenvalue weighted by Crippen LogP contribution is -2.10. The molecule has 0 radical (unpaired) electrons. The Morgan fingerprint density at radius 2 is 2.26 bits per heavy atom. The Morgan fingerprint density at radius 1 is 1.42 bits per heavy atom. The maximum absolute atomic E-state index is 10.3. The number of rotatable bonds is 6. The van der Waals surface area contributed by atoms with Crippen molar-refractivity contribution in [1.29, 1.82) is 0 Å². The molecule has 4 nitrogen and oxygen atoms in total. The standard InChI is InChI=1S/C14H18BrN3O/c1-2-8-18-14(12(15)10-17-18)13(19)6-5-11-4-3-7-16-9-11/h3-4,7,9-10,13,19H,2,5-6,8H2,1H3. The van der Waals surface area contributed by atoms with Crippen molar-refractivity contribution in [1.82, 2.24) is 14.8 Å². The Morgan fingerprint density at radius 3 is 2.95 bits per heavy atom. The Kier molecular flexibility index (Phi) is 5.10. The van der Waals surface area contributed by atoms with Crippen molar-refractivity contribution in [2.24, 2.45) is 0 Å². The van der Waals surface area contributed by atoms with Gasteiger partial charge >= 0.3 is 0 Å². The predicted molar refractivity (Wildman–Crippen MR) is 77.7 cm³/mol. The highest BCUT2D eigenvalue weighted by molar-refractivity contribution is 9.10. The molecule has 0 fully saturated rings. The Labute approximate surface area is 121 Å². The normalized spacial score (nSPS) is 12.6. The van der Waals surface area contributed by atoms with Gasteiger partial charge in [0.25, 0.3) is 0 Å².